The first-order valence-corrected chi connectivity index (χ1v) is 20.2. The van der Waals surface area contributed by atoms with E-state index in [0.717, 1.165) is 38.6 Å². The van der Waals surface area contributed by atoms with Crippen molar-refractivity contribution >= 4 is 46.7 Å². The molecule has 4 heterocycles. The number of benzene rings is 2. The zero-order chi connectivity index (χ0) is 44.2. The van der Waals surface area contributed by atoms with Crippen molar-refractivity contribution in [3.63, 3.8) is 0 Å². The zero-order valence-corrected chi connectivity index (χ0v) is 35.6. The first-order valence-electron chi connectivity index (χ1n) is 20.2. The van der Waals surface area contributed by atoms with Crippen LogP contribution in [-0.2, 0) is 23.8 Å². The number of aromatic hydroxyl groups is 3. The fraction of sp³-hybridized carbons (Fsp3) is 0.523. The minimum atomic E-state index is -2.06. The second-order valence-corrected chi connectivity index (χ2v) is 16.2. The minimum Gasteiger partial charge on any atom is -0.507 e. The molecule has 1 amide bonds. The summed E-state index contributed by atoms with van der Waals surface area (Å²) in [4.78, 5) is 42.4. The molecule has 0 radical (unpaired) electrons. The van der Waals surface area contributed by atoms with Gasteiger partial charge in [0.15, 0.2) is 5.75 Å². The summed E-state index contributed by atoms with van der Waals surface area (Å²) in [5, 5.41) is 68.6. The number of carbonyl (C=O) groups excluding carboxylic acids is 3. The second kappa shape index (κ2) is 18.9. The summed E-state index contributed by atoms with van der Waals surface area (Å²) in [5.41, 5.74) is -0.544. The van der Waals surface area contributed by atoms with Gasteiger partial charge in [0.25, 0.3) is 11.7 Å². The molecule has 0 spiro atoms. The van der Waals surface area contributed by atoms with Crippen molar-refractivity contribution < 1.29 is 58.9 Å². The maximum Gasteiger partial charge on any atom is 0.312 e. The molecule has 6 rings (SSSR count). The van der Waals surface area contributed by atoms with Crippen LogP contribution in [0.25, 0.3) is 10.8 Å². The summed E-state index contributed by atoms with van der Waals surface area (Å²) in [5.74, 6) is -8.56. The lowest BCUT2D eigenvalue weighted by atomic mass is 9.78. The average Bonchev–Trinajstić information content (AvgIpc) is 3.48. The third kappa shape index (κ3) is 9.15. The summed E-state index contributed by atoms with van der Waals surface area (Å²) in [6.07, 6.45) is 9.29. The van der Waals surface area contributed by atoms with Crippen LogP contribution in [0, 0.1) is 30.6 Å². The summed E-state index contributed by atoms with van der Waals surface area (Å²) in [7, 11) is 1.43. The molecular formula is C44H58N4O12. The Balaban J connectivity index is 1.69. The van der Waals surface area contributed by atoms with Gasteiger partial charge < -0.3 is 54.7 Å². The van der Waals surface area contributed by atoms with E-state index in [1.165, 1.54) is 53.2 Å². The lowest BCUT2D eigenvalue weighted by Crippen LogP contribution is -2.46. The van der Waals surface area contributed by atoms with Gasteiger partial charge in [-0.15, -0.1) is 5.10 Å². The monoisotopic (exact) mass is 834 g/mol. The van der Waals surface area contributed by atoms with Gasteiger partial charge in [-0.1, -0.05) is 45.9 Å². The SMILES string of the molecule is COC1C=COC2(C)Oc3c(C)c(O)c4c(O)c(c(C=NN=CN5CCCCC5)c(O)c4c3C2=O)NC(=O)C(C)=CC=CC(C)C(O)C(C)C(O)C(C)C(OC(C)=O)C1C. The maximum atomic E-state index is 14.4. The summed E-state index contributed by atoms with van der Waals surface area (Å²) >= 11 is 0. The Morgan fingerprint density at radius 3 is 2.27 bits per heavy atom. The number of nitrogens with one attached hydrogen (secondary N) is 1. The fourth-order valence-electron chi connectivity index (χ4n) is 8.10. The molecule has 5 bridgehead atoms. The number of phenolic OH excluding ortho intramolecular Hbond substituents is 3. The van der Waals surface area contributed by atoms with Crippen molar-refractivity contribution in [1.29, 1.82) is 0 Å². The van der Waals surface area contributed by atoms with Gasteiger partial charge >= 0.3 is 11.8 Å². The van der Waals surface area contributed by atoms with Gasteiger partial charge in [0.2, 0.25) is 0 Å². The number of piperidine rings is 1. The summed E-state index contributed by atoms with van der Waals surface area (Å²) in [6, 6.07) is 0. The highest BCUT2D eigenvalue weighted by Crippen LogP contribution is 2.55. The molecule has 4 aliphatic rings. The predicted octanol–water partition coefficient (Wildman–Crippen LogP) is 5.60. The molecule has 2 aromatic rings. The van der Waals surface area contributed by atoms with Gasteiger partial charge in [-0.25, -0.2) is 0 Å². The number of allylic oxidation sites excluding steroid dienone is 2. The molecule has 1 saturated heterocycles. The number of carbonyl (C=O) groups is 3. The number of amides is 1. The number of esters is 1. The van der Waals surface area contributed by atoms with E-state index in [0.29, 0.717) is 0 Å². The number of aliphatic hydroxyl groups excluding tert-OH is 2. The number of nitrogens with zero attached hydrogens (tertiary/aromatic N) is 3. The molecule has 326 valence electrons. The van der Waals surface area contributed by atoms with Crippen LogP contribution in [0.2, 0.25) is 0 Å². The van der Waals surface area contributed by atoms with Crippen molar-refractivity contribution in [2.75, 3.05) is 25.5 Å². The van der Waals surface area contributed by atoms with Crippen LogP contribution in [-0.4, -0.2) is 111 Å². The smallest absolute Gasteiger partial charge is 0.312 e. The third-order valence-corrected chi connectivity index (χ3v) is 11.9. The van der Waals surface area contributed by atoms with Crippen molar-refractivity contribution in [3.05, 3.63) is 52.8 Å². The average molecular weight is 835 g/mol. The standard InChI is InChI=1S/C44H58N4O12/c1-22-14-13-15-23(2)43(56)47-34-29(20-45-46-21-48-17-11-10-12-18-48)38(53)31-32(39(34)54)37(52)27(6)41-33(31)42(55)44(8,60-41)58-19-16-30(57-9)24(3)40(59-28(7)49)26(5)36(51)25(4)35(22)50/h13-16,19-22,24-26,30,35-36,40,50-54H,10-12,17-18H2,1-9H3,(H,47,56). The molecule has 16 nitrogen and oxygen atoms in total. The number of Topliss-reactive ketones (excluding diaryl/α,β-unsaturated/α-hetero) is 1. The molecule has 16 heteroatoms. The zero-order valence-electron chi connectivity index (χ0n) is 35.6. The number of phenols is 3. The number of aliphatic hydroxyl groups is 2. The molecule has 0 aliphatic carbocycles. The molecule has 9 atom stereocenters. The first-order chi connectivity index (χ1) is 28.3. The van der Waals surface area contributed by atoms with E-state index in [-0.39, 0.29) is 44.5 Å². The summed E-state index contributed by atoms with van der Waals surface area (Å²) < 4.78 is 23.6. The molecule has 60 heavy (non-hydrogen) atoms. The quantitative estimate of drug-likeness (QED) is 0.0539. The van der Waals surface area contributed by atoms with Crippen molar-refractivity contribution in [3.8, 4) is 23.0 Å². The number of hydrogen-bond donors (Lipinski definition) is 6. The highest BCUT2D eigenvalue weighted by atomic mass is 16.7. The van der Waals surface area contributed by atoms with Crippen molar-refractivity contribution in [1.82, 2.24) is 4.90 Å². The molecule has 6 N–H and O–H groups in total. The van der Waals surface area contributed by atoms with E-state index < -0.39 is 88.8 Å². The van der Waals surface area contributed by atoms with E-state index >= 15 is 0 Å². The highest BCUT2D eigenvalue weighted by Gasteiger charge is 2.50. The van der Waals surface area contributed by atoms with Crippen molar-refractivity contribution in [2.24, 2.45) is 33.9 Å². The van der Waals surface area contributed by atoms with Gasteiger partial charge in [-0.2, -0.15) is 5.10 Å². The number of hydrogen-bond acceptors (Lipinski definition) is 14. The van der Waals surface area contributed by atoms with Crippen LogP contribution in [0.5, 0.6) is 23.0 Å². The molecule has 0 aromatic heterocycles. The Morgan fingerprint density at radius 1 is 0.933 bits per heavy atom. The topological polar surface area (TPSA) is 229 Å². The van der Waals surface area contributed by atoms with Crippen LogP contribution in [0.4, 0.5) is 5.69 Å². The van der Waals surface area contributed by atoms with Gasteiger partial charge in [-0.3, -0.25) is 14.4 Å². The Bertz CT molecular complexity index is 2120. The lowest BCUT2D eigenvalue weighted by molar-refractivity contribution is -0.160. The molecular weight excluding hydrogens is 776 g/mol. The van der Waals surface area contributed by atoms with Gasteiger partial charge in [-0.05, 0) is 39.2 Å². The molecule has 2 aromatic carbocycles. The second-order valence-electron chi connectivity index (χ2n) is 16.2. The number of ether oxygens (including phenoxy) is 4. The number of fused-ring (bicyclic) bond motifs is 14. The van der Waals surface area contributed by atoms with Crippen LogP contribution < -0.4 is 10.1 Å². The Labute approximate surface area is 349 Å². The van der Waals surface area contributed by atoms with Crippen LogP contribution in [0.1, 0.15) is 89.2 Å². The summed E-state index contributed by atoms with van der Waals surface area (Å²) in [6.45, 7) is 14.1. The normalized spacial score (nSPS) is 29.6. The number of methoxy groups -OCH3 is 1. The number of anilines is 1. The van der Waals surface area contributed by atoms with E-state index in [1.807, 2.05) is 4.90 Å². The molecule has 0 saturated carbocycles. The number of likely N-dealkylation sites (tertiary alicyclic amines) is 1. The van der Waals surface area contributed by atoms with E-state index in [1.54, 1.807) is 46.2 Å². The molecule has 1 fully saturated rings. The van der Waals surface area contributed by atoms with Crippen LogP contribution >= 0.6 is 0 Å². The van der Waals surface area contributed by atoms with Crippen LogP contribution in [0.15, 0.2) is 46.3 Å². The third-order valence-electron chi connectivity index (χ3n) is 11.9. The first kappa shape index (κ1) is 45.6. The van der Waals surface area contributed by atoms with Gasteiger partial charge in [0, 0.05) is 74.2 Å². The van der Waals surface area contributed by atoms with E-state index in [2.05, 4.69) is 15.5 Å². The minimum absolute atomic E-state index is 0.0408. The number of rotatable bonds is 5. The van der Waals surface area contributed by atoms with Crippen molar-refractivity contribution in [2.45, 2.75) is 105 Å². The van der Waals surface area contributed by atoms with Gasteiger partial charge in [0.1, 0.15) is 29.7 Å². The highest BCUT2D eigenvalue weighted by molar-refractivity contribution is 6.23. The van der Waals surface area contributed by atoms with Crippen LogP contribution in [0.3, 0.4) is 0 Å². The maximum absolute atomic E-state index is 14.4. The van der Waals surface area contributed by atoms with E-state index in [4.69, 9.17) is 18.9 Å². The lowest BCUT2D eigenvalue weighted by Gasteiger charge is -2.38. The van der Waals surface area contributed by atoms with E-state index in [9.17, 15) is 39.9 Å². The van der Waals surface area contributed by atoms with Gasteiger partial charge in [0.05, 0.1) is 53.0 Å². The molecule has 9 unspecified atom stereocenters. The largest absolute Gasteiger partial charge is 0.507 e. The Kier molecular flexibility index (Phi) is 14.3. The Morgan fingerprint density at radius 2 is 1.62 bits per heavy atom. The number of ketones is 1. The molecule has 4 aliphatic heterocycles. The fourth-order valence-corrected chi connectivity index (χ4v) is 8.10. The Hall–Kier alpha value is -5.45. The predicted molar refractivity (Wildman–Crippen MR) is 225 cm³/mol.